The lowest BCUT2D eigenvalue weighted by molar-refractivity contribution is -0.131. The summed E-state index contributed by atoms with van der Waals surface area (Å²) >= 11 is 5.96. The molecule has 2 atom stereocenters. The smallest absolute Gasteiger partial charge is 0.236 e. The SMILES string of the molecule is CN1CCN(C(=O)CN[C@H]2C[C@@H]2c2ccc(-c3ccc(Cl)cc3)cc2)CC1. The molecule has 0 bridgehead atoms. The van der Waals surface area contributed by atoms with Crippen LogP contribution < -0.4 is 5.32 Å². The van der Waals surface area contributed by atoms with Gasteiger partial charge in [0.15, 0.2) is 0 Å². The van der Waals surface area contributed by atoms with Gasteiger partial charge in [0.1, 0.15) is 0 Å². The molecule has 5 heteroatoms. The number of piperazine rings is 1. The molecule has 2 fully saturated rings. The largest absolute Gasteiger partial charge is 0.339 e. The minimum absolute atomic E-state index is 0.229. The zero-order valence-electron chi connectivity index (χ0n) is 15.7. The van der Waals surface area contributed by atoms with Gasteiger partial charge in [-0.05, 0) is 42.3 Å². The summed E-state index contributed by atoms with van der Waals surface area (Å²) in [6.07, 6.45) is 1.11. The van der Waals surface area contributed by atoms with Crippen LogP contribution in [0.3, 0.4) is 0 Å². The molecule has 142 valence electrons. The Labute approximate surface area is 166 Å². The van der Waals surface area contributed by atoms with Gasteiger partial charge in [-0.25, -0.2) is 0 Å². The molecule has 1 saturated heterocycles. The van der Waals surface area contributed by atoms with Crippen molar-refractivity contribution in [1.82, 2.24) is 15.1 Å². The number of benzene rings is 2. The number of carbonyl (C=O) groups excluding carboxylic acids is 1. The van der Waals surface area contributed by atoms with Gasteiger partial charge in [-0.2, -0.15) is 0 Å². The molecule has 1 amide bonds. The maximum absolute atomic E-state index is 12.3. The van der Waals surface area contributed by atoms with Crippen LogP contribution in [0, 0.1) is 0 Å². The number of hydrogen-bond acceptors (Lipinski definition) is 3. The number of hydrogen-bond donors (Lipinski definition) is 1. The summed E-state index contributed by atoms with van der Waals surface area (Å²) in [5.74, 6) is 0.747. The van der Waals surface area contributed by atoms with Crippen LogP contribution in [-0.2, 0) is 4.79 Å². The average Bonchev–Trinajstić information content (AvgIpc) is 3.47. The van der Waals surface area contributed by atoms with Crippen molar-refractivity contribution in [2.24, 2.45) is 0 Å². The summed E-state index contributed by atoms with van der Waals surface area (Å²) in [5, 5.41) is 4.20. The number of rotatable bonds is 5. The van der Waals surface area contributed by atoms with Crippen molar-refractivity contribution in [1.29, 1.82) is 0 Å². The first-order valence-electron chi connectivity index (χ1n) is 9.66. The molecule has 2 aromatic rings. The Hall–Kier alpha value is -1.88. The fraction of sp³-hybridized carbons (Fsp3) is 0.409. The van der Waals surface area contributed by atoms with Crippen molar-refractivity contribution in [3.8, 4) is 11.1 Å². The molecule has 4 rings (SSSR count). The van der Waals surface area contributed by atoms with Crippen LogP contribution in [0.15, 0.2) is 48.5 Å². The summed E-state index contributed by atoms with van der Waals surface area (Å²) in [6, 6.07) is 17.1. The van der Waals surface area contributed by atoms with E-state index in [2.05, 4.69) is 41.5 Å². The number of nitrogens with one attached hydrogen (secondary N) is 1. The molecule has 4 nitrogen and oxygen atoms in total. The highest BCUT2D eigenvalue weighted by Gasteiger charge is 2.38. The van der Waals surface area contributed by atoms with Gasteiger partial charge < -0.3 is 15.1 Å². The van der Waals surface area contributed by atoms with Crippen molar-refractivity contribution in [2.45, 2.75) is 18.4 Å². The standard InChI is InChI=1S/C22H26ClN3O/c1-25-10-12-26(13-11-25)22(27)15-24-21-14-20(21)18-4-2-16(3-5-18)17-6-8-19(23)9-7-17/h2-9,20-21,24H,10-15H2,1H3/t20-,21+/m1/s1. The van der Waals surface area contributed by atoms with Crippen LogP contribution in [0.1, 0.15) is 17.9 Å². The quantitative estimate of drug-likeness (QED) is 0.861. The number of nitrogens with zero attached hydrogens (tertiary/aromatic N) is 2. The third-order valence-corrected chi connectivity index (χ3v) is 5.93. The maximum atomic E-state index is 12.3. The van der Waals surface area contributed by atoms with Gasteiger partial charge in [0.25, 0.3) is 0 Å². The van der Waals surface area contributed by atoms with E-state index in [1.807, 2.05) is 29.2 Å². The Kier molecular flexibility index (Phi) is 5.48. The highest BCUT2D eigenvalue weighted by molar-refractivity contribution is 6.30. The lowest BCUT2D eigenvalue weighted by atomic mass is 10.0. The molecule has 0 radical (unpaired) electrons. The second-order valence-electron chi connectivity index (χ2n) is 7.64. The highest BCUT2D eigenvalue weighted by atomic mass is 35.5. The molecule has 1 heterocycles. The molecule has 1 aliphatic heterocycles. The topological polar surface area (TPSA) is 35.6 Å². The van der Waals surface area contributed by atoms with Gasteiger partial charge in [0, 0.05) is 43.2 Å². The van der Waals surface area contributed by atoms with Crippen molar-refractivity contribution in [3.05, 3.63) is 59.1 Å². The van der Waals surface area contributed by atoms with Gasteiger partial charge in [-0.15, -0.1) is 0 Å². The van der Waals surface area contributed by atoms with E-state index in [0.29, 0.717) is 18.5 Å². The van der Waals surface area contributed by atoms with Crippen molar-refractivity contribution in [2.75, 3.05) is 39.8 Å². The van der Waals surface area contributed by atoms with Crippen LogP contribution in [0.5, 0.6) is 0 Å². The van der Waals surface area contributed by atoms with Crippen LogP contribution in [0.4, 0.5) is 0 Å². The van der Waals surface area contributed by atoms with Gasteiger partial charge in [0.2, 0.25) is 5.91 Å². The summed E-state index contributed by atoms with van der Waals surface area (Å²) in [7, 11) is 2.10. The first kappa shape index (κ1) is 18.5. The van der Waals surface area contributed by atoms with E-state index in [-0.39, 0.29) is 5.91 Å². The average molecular weight is 384 g/mol. The number of carbonyl (C=O) groups is 1. The lowest BCUT2D eigenvalue weighted by Crippen LogP contribution is -2.49. The summed E-state index contributed by atoms with van der Waals surface area (Å²) in [5.41, 5.74) is 3.72. The fourth-order valence-corrected chi connectivity index (χ4v) is 3.87. The van der Waals surface area contributed by atoms with E-state index < -0.39 is 0 Å². The van der Waals surface area contributed by atoms with Crippen molar-refractivity contribution < 1.29 is 4.79 Å². The van der Waals surface area contributed by atoms with Gasteiger partial charge in [-0.3, -0.25) is 4.79 Å². The maximum Gasteiger partial charge on any atom is 0.236 e. The molecule has 1 saturated carbocycles. The number of halogens is 1. The first-order chi connectivity index (χ1) is 13.1. The van der Waals surface area contributed by atoms with Crippen LogP contribution in [0.2, 0.25) is 5.02 Å². The molecule has 1 N–H and O–H groups in total. The van der Waals surface area contributed by atoms with Crippen LogP contribution >= 0.6 is 11.6 Å². The van der Waals surface area contributed by atoms with Crippen LogP contribution in [-0.4, -0.2) is 61.5 Å². The molecule has 0 unspecified atom stereocenters. The lowest BCUT2D eigenvalue weighted by Gasteiger charge is -2.32. The predicted octanol–water partition coefficient (Wildman–Crippen LogP) is 3.23. The highest BCUT2D eigenvalue weighted by Crippen LogP contribution is 2.41. The number of likely N-dealkylation sites (N-methyl/N-ethyl adjacent to an activating group) is 1. The zero-order chi connectivity index (χ0) is 18.8. The summed E-state index contributed by atoms with van der Waals surface area (Å²) < 4.78 is 0. The Bertz CT molecular complexity index is 782. The fourth-order valence-electron chi connectivity index (χ4n) is 3.74. The first-order valence-corrected chi connectivity index (χ1v) is 10.0. The molecular formula is C22H26ClN3O. The van der Waals surface area contributed by atoms with Crippen LogP contribution in [0.25, 0.3) is 11.1 Å². The van der Waals surface area contributed by atoms with Gasteiger partial charge >= 0.3 is 0 Å². The Morgan fingerprint density at radius 3 is 2.22 bits per heavy atom. The zero-order valence-corrected chi connectivity index (χ0v) is 16.5. The minimum atomic E-state index is 0.229. The molecule has 0 aromatic heterocycles. The van der Waals surface area contributed by atoms with E-state index >= 15 is 0 Å². The summed E-state index contributed by atoms with van der Waals surface area (Å²) in [6.45, 7) is 4.08. The van der Waals surface area contributed by atoms with E-state index in [4.69, 9.17) is 11.6 Å². The van der Waals surface area contributed by atoms with Crippen molar-refractivity contribution in [3.63, 3.8) is 0 Å². The third kappa shape index (κ3) is 4.52. The monoisotopic (exact) mass is 383 g/mol. The molecular weight excluding hydrogens is 358 g/mol. The molecule has 27 heavy (non-hydrogen) atoms. The normalized spacial score (nSPS) is 22.7. The second-order valence-corrected chi connectivity index (χ2v) is 8.08. The van der Waals surface area contributed by atoms with E-state index in [1.54, 1.807) is 0 Å². The molecule has 1 aliphatic carbocycles. The predicted molar refractivity (Wildman–Crippen MR) is 110 cm³/mol. The molecule has 2 aromatic carbocycles. The Morgan fingerprint density at radius 1 is 1.00 bits per heavy atom. The number of amides is 1. The Balaban J connectivity index is 1.27. The summed E-state index contributed by atoms with van der Waals surface area (Å²) in [4.78, 5) is 16.6. The van der Waals surface area contributed by atoms with Crippen molar-refractivity contribution >= 4 is 17.5 Å². The van der Waals surface area contributed by atoms with E-state index in [0.717, 1.165) is 37.6 Å². The van der Waals surface area contributed by atoms with E-state index in [1.165, 1.54) is 16.7 Å². The third-order valence-electron chi connectivity index (χ3n) is 5.68. The van der Waals surface area contributed by atoms with Gasteiger partial charge in [0.05, 0.1) is 6.54 Å². The minimum Gasteiger partial charge on any atom is -0.339 e. The Morgan fingerprint density at radius 2 is 1.59 bits per heavy atom. The van der Waals surface area contributed by atoms with E-state index in [9.17, 15) is 4.79 Å². The molecule has 0 spiro atoms. The molecule has 2 aliphatic rings. The van der Waals surface area contributed by atoms with Gasteiger partial charge in [-0.1, -0.05) is 48.0 Å². The second kappa shape index (κ2) is 8.01.